The van der Waals surface area contributed by atoms with E-state index in [1.807, 2.05) is 10.6 Å². The Morgan fingerprint density at radius 1 is 1.31 bits per heavy atom. The number of rotatable bonds is 5. The maximum atomic E-state index is 13.2. The van der Waals surface area contributed by atoms with Gasteiger partial charge in [0.05, 0.1) is 16.8 Å². The molecule has 7 nitrogen and oxygen atoms in total. The van der Waals surface area contributed by atoms with Crippen molar-refractivity contribution in [2.75, 3.05) is 7.05 Å². The number of pyridine rings is 1. The molecule has 152 valence electrons. The molecule has 1 unspecified atom stereocenters. The molecule has 0 saturated carbocycles. The monoisotopic (exact) mass is 417 g/mol. The van der Waals surface area contributed by atoms with Gasteiger partial charge in [0.25, 0.3) is 0 Å². The van der Waals surface area contributed by atoms with Gasteiger partial charge in [-0.2, -0.15) is 4.31 Å². The summed E-state index contributed by atoms with van der Waals surface area (Å²) in [6, 6.07) is 6.29. The van der Waals surface area contributed by atoms with Crippen molar-refractivity contribution in [3.8, 4) is 0 Å². The van der Waals surface area contributed by atoms with E-state index in [1.54, 1.807) is 12.4 Å². The number of hydrogen-bond donors (Lipinski definition) is 1. The number of hydrogen-bond acceptors (Lipinski definition) is 4. The van der Waals surface area contributed by atoms with Crippen LogP contribution in [0.1, 0.15) is 17.7 Å². The summed E-state index contributed by atoms with van der Waals surface area (Å²) in [5.41, 5.74) is 2.51. The lowest BCUT2D eigenvalue weighted by atomic mass is 10.0. The molecule has 0 bridgehead atoms. The molecule has 29 heavy (non-hydrogen) atoms. The molecule has 1 aliphatic rings. The molecular formula is C20H20FN3O4S. The summed E-state index contributed by atoms with van der Waals surface area (Å²) in [7, 11) is -2.25. The Hall–Kier alpha value is -2.78. The molecule has 0 radical (unpaired) electrons. The van der Waals surface area contributed by atoms with Crippen molar-refractivity contribution < 1.29 is 22.7 Å². The number of likely N-dealkylation sites (N-methyl/N-ethyl adjacent to an activating group) is 1. The molecule has 0 saturated heterocycles. The molecule has 3 aromatic rings. The van der Waals surface area contributed by atoms with Crippen molar-refractivity contribution in [2.45, 2.75) is 36.7 Å². The van der Waals surface area contributed by atoms with Crippen LogP contribution in [0.4, 0.5) is 4.39 Å². The van der Waals surface area contributed by atoms with E-state index in [-0.39, 0.29) is 17.4 Å². The predicted molar refractivity (Wildman–Crippen MR) is 105 cm³/mol. The van der Waals surface area contributed by atoms with Gasteiger partial charge in [-0.15, -0.1) is 0 Å². The van der Waals surface area contributed by atoms with Gasteiger partial charge in [0.15, 0.2) is 0 Å². The van der Waals surface area contributed by atoms with E-state index in [4.69, 9.17) is 0 Å². The fraction of sp³-hybridized carbons (Fsp3) is 0.300. The smallest absolute Gasteiger partial charge is 0.307 e. The first kappa shape index (κ1) is 19.5. The minimum atomic E-state index is -3.78. The average Bonchev–Trinajstić information content (AvgIpc) is 3.00. The van der Waals surface area contributed by atoms with Gasteiger partial charge in [0.2, 0.25) is 10.0 Å². The first-order valence-electron chi connectivity index (χ1n) is 9.18. The van der Waals surface area contributed by atoms with Gasteiger partial charge in [-0.3, -0.25) is 9.78 Å². The third-order valence-corrected chi connectivity index (χ3v) is 7.45. The number of fused-ring (bicyclic) bond motifs is 3. The number of benzene rings is 1. The van der Waals surface area contributed by atoms with E-state index in [0.717, 1.165) is 34.3 Å². The van der Waals surface area contributed by atoms with Gasteiger partial charge < -0.3 is 9.67 Å². The third-order valence-electron chi connectivity index (χ3n) is 5.53. The maximum absolute atomic E-state index is 13.2. The molecule has 0 spiro atoms. The zero-order valence-corrected chi connectivity index (χ0v) is 16.6. The quantitative estimate of drug-likeness (QED) is 0.688. The van der Waals surface area contributed by atoms with Crippen LogP contribution in [0.2, 0.25) is 0 Å². The Morgan fingerprint density at radius 3 is 2.72 bits per heavy atom. The number of carboxylic acid groups (broad SMARTS) is 1. The molecule has 1 aliphatic heterocycles. The lowest BCUT2D eigenvalue weighted by molar-refractivity contribution is -0.136. The fourth-order valence-corrected chi connectivity index (χ4v) is 5.41. The van der Waals surface area contributed by atoms with Crippen LogP contribution >= 0.6 is 0 Å². The number of sulfonamides is 1. The number of aromatic nitrogens is 2. The van der Waals surface area contributed by atoms with Gasteiger partial charge >= 0.3 is 5.97 Å². The van der Waals surface area contributed by atoms with Crippen molar-refractivity contribution in [1.29, 1.82) is 0 Å². The van der Waals surface area contributed by atoms with Gasteiger partial charge in [-0.1, -0.05) is 0 Å². The van der Waals surface area contributed by atoms with E-state index in [9.17, 15) is 22.7 Å². The zero-order valence-electron chi connectivity index (χ0n) is 15.7. The number of halogens is 1. The molecule has 1 N–H and O–H groups in total. The van der Waals surface area contributed by atoms with Crippen LogP contribution in [0.15, 0.2) is 47.6 Å². The second kappa shape index (κ2) is 7.23. The fourth-order valence-electron chi connectivity index (χ4n) is 4.03. The Morgan fingerprint density at radius 2 is 2.03 bits per heavy atom. The SMILES string of the molecule is CN(C1CCc2c(CC(=O)O)c3cnccc3n2C1)S(=O)(=O)c1ccc(F)cc1. The van der Waals surface area contributed by atoms with Gasteiger partial charge in [0.1, 0.15) is 5.82 Å². The molecule has 4 rings (SSSR count). The van der Waals surface area contributed by atoms with Crippen molar-refractivity contribution in [3.05, 3.63) is 59.8 Å². The molecule has 2 aromatic heterocycles. The second-order valence-electron chi connectivity index (χ2n) is 7.17. The van der Waals surface area contributed by atoms with Gasteiger partial charge in [0, 0.05) is 43.1 Å². The summed E-state index contributed by atoms with van der Waals surface area (Å²) >= 11 is 0. The summed E-state index contributed by atoms with van der Waals surface area (Å²) in [4.78, 5) is 15.5. The van der Waals surface area contributed by atoms with E-state index in [1.165, 1.54) is 23.5 Å². The van der Waals surface area contributed by atoms with Crippen LogP contribution in [0.5, 0.6) is 0 Å². The lowest BCUT2D eigenvalue weighted by Crippen LogP contribution is -2.42. The first-order valence-corrected chi connectivity index (χ1v) is 10.6. The molecular weight excluding hydrogens is 397 g/mol. The van der Waals surface area contributed by atoms with Crippen LogP contribution < -0.4 is 0 Å². The van der Waals surface area contributed by atoms with Crippen LogP contribution in [0.25, 0.3) is 10.9 Å². The zero-order chi connectivity index (χ0) is 20.8. The number of aliphatic carboxylic acids is 1. The third kappa shape index (κ3) is 3.40. The number of carbonyl (C=O) groups is 1. The highest BCUT2D eigenvalue weighted by Gasteiger charge is 2.33. The van der Waals surface area contributed by atoms with E-state index in [2.05, 4.69) is 4.98 Å². The normalized spacial score (nSPS) is 16.9. The van der Waals surface area contributed by atoms with E-state index >= 15 is 0 Å². The molecule has 1 aromatic carbocycles. The van der Waals surface area contributed by atoms with Crippen LogP contribution in [0.3, 0.4) is 0 Å². The van der Waals surface area contributed by atoms with Crippen LogP contribution in [-0.4, -0.2) is 46.4 Å². The molecule has 1 atom stereocenters. The Kier molecular flexibility index (Phi) is 4.87. The Balaban J connectivity index is 1.70. The highest BCUT2D eigenvalue weighted by molar-refractivity contribution is 7.89. The summed E-state index contributed by atoms with van der Waals surface area (Å²) < 4.78 is 42.5. The molecule has 0 fully saturated rings. The van der Waals surface area contributed by atoms with Crippen molar-refractivity contribution >= 4 is 26.9 Å². The molecule has 9 heteroatoms. The van der Waals surface area contributed by atoms with E-state index < -0.39 is 21.8 Å². The predicted octanol–water partition coefficient (Wildman–Crippen LogP) is 2.44. The Bertz CT molecular complexity index is 1190. The largest absolute Gasteiger partial charge is 0.481 e. The average molecular weight is 417 g/mol. The summed E-state index contributed by atoms with van der Waals surface area (Å²) in [5, 5.41) is 10.1. The van der Waals surface area contributed by atoms with Crippen molar-refractivity contribution in [3.63, 3.8) is 0 Å². The summed E-state index contributed by atoms with van der Waals surface area (Å²) in [5.74, 6) is -1.41. The van der Waals surface area contributed by atoms with Gasteiger partial charge in [-0.05, 0) is 48.7 Å². The van der Waals surface area contributed by atoms with E-state index in [0.29, 0.717) is 19.4 Å². The van der Waals surface area contributed by atoms with Crippen molar-refractivity contribution in [2.24, 2.45) is 0 Å². The number of nitrogens with zero attached hydrogens (tertiary/aromatic N) is 3. The van der Waals surface area contributed by atoms with Crippen molar-refractivity contribution in [1.82, 2.24) is 13.9 Å². The second-order valence-corrected chi connectivity index (χ2v) is 9.16. The molecule has 0 aliphatic carbocycles. The molecule has 3 heterocycles. The topological polar surface area (TPSA) is 92.5 Å². The number of carboxylic acids is 1. The van der Waals surface area contributed by atoms with Crippen LogP contribution in [-0.2, 0) is 34.2 Å². The minimum absolute atomic E-state index is 0.0420. The molecule has 0 amide bonds. The first-order chi connectivity index (χ1) is 13.8. The summed E-state index contributed by atoms with van der Waals surface area (Å²) in [6.45, 7) is 0.409. The maximum Gasteiger partial charge on any atom is 0.307 e. The summed E-state index contributed by atoms with van der Waals surface area (Å²) in [6.07, 6.45) is 4.33. The lowest BCUT2D eigenvalue weighted by Gasteiger charge is -2.32. The Labute approximate surface area is 167 Å². The minimum Gasteiger partial charge on any atom is -0.481 e. The van der Waals surface area contributed by atoms with Crippen LogP contribution in [0, 0.1) is 5.82 Å². The van der Waals surface area contributed by atoms with Gasteiger partial charge in [-0.25, -0.2) is 12.8 Å². The standard InChI is InChI=1S/C20H20FN3O4S/c1-23(29(27,28)15-5-2-13(21)3-6-15)14-4-7-18-16(10-20(25)26)17-11-22-9-8-19(17)24(18)12-14/h2-3,5-6,8-9,11,14H,4,7,10,12H2,1H3,(H,25,26). The highest BCUT2D eigenvalue weighted by atomic mass is 32.2. The highest BCUT2D eigenvalue weighted by Crippen LogP contribution is 2.33.